The summed E-state index contributed by atoms with van der Waals surface area (Å²) in [6.45, 7) is 1.71. The Morgan fingerprint density at radius 2 is 1.87 bits per heavy atom. The number of Topliss-reactive ketones (excluding diaryl/α,β-unsaturated/α-hetero) is 1. The lowest BCUT2D eigenvalue weighted by molar-refractivity contribution is 0.0989. The van der Waals surface area contributed by atoms with Gasteiger partial charge in [0.1, 0.15) is 5.82 Å². The number of halogens is 2. The molecule has 0 saturated carbocycles. The second-order valence-electron chi connectivity index (χ2n) is 6.85. The van der Waals surface area contributed by atoms with E-state index in [0.717, 1.165) is 4.09 Å². The fraction of sp³-hybridized carbons (Fsp3) is 0.0909. The highest BCUT2D eigenvalue weighted by Crippen LogP contribution is 2.25. The molecule has 0 aliphatic heterocycles. The van der Waals surface area contributed by atoms with Gasteiger partial charge in [-0.15, -0.1) is 0 Å². The van der Waals surface area contributed by atoms with Crippen molar-refractivity contribution in [2.24, 2.45) is 0 Å². The molecular weight excluding hydrogens is 427 g/mol. The van der Waals surface area contributed by atoms with Crippen LogP contribution in [0.4, 0.5) is 4.39 Å². The van der Waals surface area contributed by atoms with Crippen LogP contribution in [0.3, 0.4) is 0 Å². The summed E-state index contributed by atoms with van der Waals surface area (Å²) in [5.41, 5.74) is 1.28. The summed E-state index contributed by atoms with van der Waals surface area (Å²) in [5.74, 6) is -1.19. The van der Waals surface area contributed by atoms with Gasteiger partial charge in [-0.3, -0.25) is 4.79 Å². The third-order valence-electron chi connectivity index (χ3n) is 4.81. The number of hydrogen-bond donors (Lipinski definition) is 0. The molecule has 4 rings (SSSR count). The van der Waals surface area contributed by atoms with Crippen molar-refractivity contribution in [2.75, 3.05) is 0 Å². The summed E-state index contributed by atoms with van der Waals surface area (Å²) < 4.78 is 41.3. The molecule has 0 bridgehead atoms. The van der Waals surface area contributed by atoms with Crippen molar-refractivity contribution in [2.45, 2.75) is 18.2 Å². The van der Waals surface area contributed by atoms with Crippen LogP contribution in [-0.4, -0.2) is 23.4 Å². The first-order chi connectivity index (χ1) is 14.3. The molecular formula is C22H16ClFN2O3S. The molecule has 0 amide bonds. The number of ketones is 1. The number of hydrogen-bond acceptors (Lipinski definition) is 4. The minimum absolute atomic E-state index is 0.0354. The number of carbonyl (C=O) groups excluding carboxylic acids is 1. The van der Waals surface area contributed by atoms with Gasteiger partial charge in [0.25, 0.3) is 10.0 Å². The quantitative estimate of drug-likeness (QED) is 0.416. The van der Waals surface area contributed by atoms with E-state index in [1.165, 1.54) is 30.5 Å². The lowest BCUT2D eigenvalue weighted by Gasteiger charge is -2.09. The van der Waals surface area contributed by atoms with Crippen molar-refractivity contribution in [3.63, 3.8) is 0 Å². The number of aromatic nitrogens is 2. The molecule has 0 unspecified atom stereocenters. The average molecular weight is 443 g/mol. The maximum Gasteiger partial charge on any atom is 0.283 e. The molecule has 0 aliphatic rings. The number of fused-ring (bicyclic) bond motifs is 1. The topological polar surface area (TPSA) is 69.0 Å². The van der Waals surface area contributed by atoms with Crippen molar-refractivity contribution < 1.29 is 17.6 Å². The molecule has 0 atom stereocenters. The summed E-state index contributed by atoms with van der Waals surface area (Å²) in [5, 5.41) is 4.69. The predicted molar refractivity (Wildman–Crippen MR) is 113 cm³/mol. The first-order valence-electron chi connectivity index (χ1n) is 9.04. The monoisotopic (exact) mass is 442 g/mol. The molecule has 5 nitrogen and oxygen atoms in total. The van der Waals surface area contributed by atoms with E-state index in [4.69, 9.17) is 11.6 Å². The zero-order valence-corrected chi connectivity index (χ0v) is 17.4. The van der Waals surface area contributed by atoms with Crippen LogP contribution in [-0.2, 0) is 16.4 Å². The summed E-state index contributed by atoms with van der Waals surface area (Å²) >= 11 is 5.98. The van der Waals surface area contributed by atoms with Gasteiger partial charge in [0, 0.05) is 11.8 Å². The standard InChI is InChI=1S/C22H16ClFN2O3S/c1-14-5-2-3-8-21(14)30(28,29)26-19-11-15(9-10-16(19)13-25-26)12-20(27)22-17(23)6-4-7-18(22)24/h2-11,13H,12H2,1H3. The Morgan fingerprint density at radius 1 is 1.10 bits per heavy atom. The van der Waals surface area contributed by atoms with Crippen LogP contribution in [0.25, 0.3) is 10.9 Å². The minimum atomic E-state index is -3.92. The molecule has 3 aromatic carbocycles. The first-order valence-corrected chi connectivity index (χ1v) is 10.9. The largest absolute Gasteiger partial charge is 0.294 e. The zero-order valence-electron chi connectivity index (χ0n) is 15.8. The van der Waals surface area contributed by atoms with Crippen molar-refractivity contribution >= 4 is 38.3 Å². The first kappa shape index (κ1) is 20.3. The van der Waals surface area contributed by atoms with Gasteiger partial charge in [-0.1, -0.05) is 48.0 Å². The zero-order chi connectivity index (χ0) is 21.5. The van der Waals surface area contributed by atoms with Crippen molar-refractivity contribution in [3.05, 3.63) is 94.4 Å². The summed E-state index contributed by atoms with van der Waals surface area (Å²) in [6.07, 6.45) is 1.32. The van der Waals surface area contributed by atoms with E-state index in [1.54, 1.807) is 43.3 Å². The summed E-state index contributed by atoms with van der Waals surface area (Å²) in [4.78, 5) is 12.8. The van der Waals surface area contributed by atoms with E-state index < -0.39 is 21.6 Å². The Hall–Kier alpha value is -3.03. The number of benzene rings is 3. The molecule has 1 aromatic heterocycles. The second kappa shape index (κ2) is 7.66. The van der Waals surface area contributed by atoms with Gasteiger partial charge in [0.05, 0.1) is 27.2 Å². The fourth-order valence-electron chi connectivity index (χ4n) is 3.32. The highest BCUT2D eigenvalue weighted by Gasteiger charge is 2.23. The fourth-order valence-corrected chi connectivity index (χ4v) is 5.09. The van der Waals surface area contributed by atoms with Crippen LogP contribution < -0.4 is 0 Å². The lowest BCUT2D eigenvalue weighted by atomic mass is 10.0. The molecule has 0 N–H and O–H groups in total. The maximum absolute atomic E-state index is 14.1. The Bertz CT molecular complexity index is 1380. The summed E-state index contributed by atoms with van der Waals surface area (Å²) in [7, 11) is -3.92. The van der Waals surface area contributed by atoms with Crippen LogP contribution in [0.1, 0.15) is 21.5 Å². The molecule has 30 heavy (non-hydrogen) atoms. The lowest BCUT2D eigenvalue weighted by Crippen LogP contribution is -2.15. The number of carbonyl (C=O) groups is 1. The minimum Gasteiger partial charge on any atom is -0.294 e. The molecule has 0 fully saturated rings. The van der Waals surface area contributed by atoms with Gasteiger partial charge < -0.3 is 0 Å². The number of aryl methyl sites for hydroxylation is 1. The van der Waals surface area contributed by atoms with Gasteiger partial charge in [-0.25, -0.2) is 4.39 Å². The van der Waals surface area contributed by atoms with Crippen LogP contribution >= 0.6 is 11.6 Å². The molecule has 8 heteroatoms. The molecule has 0 radical (unpaired) electrons. The highest BCUT2D eigenvalue weighted by atomic mass is 35.5. The molecule has 1 heterocycles. The van der Waals surface area contributed by atoms with Crippen molar-refractivity contribution in [1.82, 2.24) is 9.19 Å². The van der Waals surface area contributed by atoms with Crippen LogP contribution in [0, 0.1) is 12.7 Å². The van der Waals surface area contributed by atoms with E-state index in [-0.39, 0.29) is 21.9 Å². The smallest absolute Gasteiger partial charge is 0.283 e. The number of rotatable bonds is 5. The van der Waals surface area contributed by atoms with Gasteiger partial charge in [-0.05, 0) is 42.3 Å². The Kier molecular flexibility index (Phi) is 5.17. The molecule has 152 valence electrons. The van der Waals surface area contributed by atoms with Crippen molar-refractivity contribution in [1.29, 1.82) is 0 Å². The van der Waals surface area contributed by atoms with E-state index in [9.17, 15) is 17.6 Å². The Balaban J connectivity index is 1.76. The van der Waals surface area contributed by atoms with Gasteiger partial charge in [0.2, 0.25) is 0 Å². The second-order valence-corrected chi connectivity index (χ2v) is 8.99. The van der Waals surface area contributed by atoms with Crippen LogP contribution in [0.2, 0.25) is 5.02 Å². The van der Waals surface area contributed by atoms with E-state index in [1.807, 2.05) is 0 Å². The van der Waals surface area contributed by atoms with E-state index in [2.05, 4.69) is 5.10 Å². The Morgan fingerprint density at radius 3 is 2.60 bits per heavy atom. The van der Waals surface area contributed by atoms with Gasteiger partial charge in [-0.2, -0.15) is 17.6 Å². The molecule has 0 spiro atoms. The van der Waals surface area contributed by atoms with E-state index in [0.29, 0.717) is 22.0 Å². The van der Waals surface area contributed by atoms with Crippen LogP contribution in [0.15, 0.2) is 71.8 Å². The maximum atomic E-state index is 14.1. The highest BCUT2D eigenvalue weighted by molar-refractivity contribution is 7.90. The third kappa shape index (κ3) is 3.51. The predicted octanol–water partition coefficient (Wildman–Crippen LogP) is 4.80. The SMILES string of the molecule is Cc1ccccc1S(=O)(=O)n1ncc2ccc(CC(=O)c3c(F)cccc3Cl)cc21. The van der Waals surface area contributed by atoms with E-state index >= 15 is 0 Å². The number of nitrogens with zero attached hydrogens (tertiary/aromatic N) is 2. The average Bonchev–Trinajstić information content (AvgIpc) is 3.12. The summed E-state index contributed by atoms with van der Waals surface area (Å²) in [6, 6.07) is 15.6. The van der Waals surface area contributed by atoms with Gasteiger partial charge in [0.15, 0.2) is 5.78 Å². The van der Waals surface area contributed by atoms with Crippen molar-refractivity contribution in [3.8, 4) is 0 Å². The third-order valence-corrected chi connectivity index (χ3v) is 6.88. The molecule has 4 aromatic rings. The normalized spacial score (nSPS) is 11.7. The molecule has 0 saturated heterocycles. The molecule has 0 aliphatic carbocycles. The van der Waals surface area contributed by atoms with Crippen LogP contribution in [0.5, 0.6) is 0 Å². The van der Waals surface area contributed by atoms with Gasteiger partial charge >= 0.3 is 0 Å². The Labute approximate surface area is 177 Å².